The molecule has 0 unspecified atom stereocenters. The van der Waals surface area contributed by atoms with Crippen molar-refractivity contribution < 1.29 is 9.90 Å². The Kier molecular flexibility index (Phi) is 6.53. The van der Waals surface area contributed by atoms with Crippen LogP contribution in [0.4, 0.5) is 0 Å². The molecule has 0 atom stereocenters. The van der Waals surface area contributed by atoms with Gasteiger partial charge in [-0.3, -0.25) is 4.79 Å². The van der Waals surface area contributed by atoms with E-state index in [0.29, 0.717) is 24.2 Å². The van der Waals surface area contributed by atoms with Gasteiger partial charge in [0, 0.05) is 25.2 Å². The maximum atomic E-state index is 13.0. The number of carbonyl (C=O) groups is 1. The van der Waals surface area contributed by atoms with E-state index in [1.165, 1.54) is 0 Å². The first-order chi connectivity index (χ1) is 11.6. The average Bonchev–Trinajstić information content (AvgIpc) is 2.60. The number of aromatic nitrogens is 1. The summed E-state index contributed by atoms with van der Waals surface area (Å²) >= 11 is 0. The molecular weight excluding hydrogens is 300 g/mol. The van der Waals surface area contributed by atoms with Crippen molar-refractivity contribution >= 4 is 5.91 Å². The highest BCUT2D eigenvalue weighted by Gasteiger charge is 2.22. The highest BCUT2D eigenvalue weighted by molar-refractivity contribution is 5.95. The number of carbonyl (C=O) groups excluding carboxylic acids is 1. The molecule has 124 valence electrons. The van der Waals surface area contributed by atoms with Crippen LogP contribution in [0.25, 0.3) is 0 Å². The molecule has 1 aromatic carbocycles. The Hall–Kier alpha value is -2.64. The summed E-state index contributed by atoms with van der Waals surface area (Å²) in [5, 5.41) is 8.85. The van der Waals surface area contributed by atoms with E-state index in [1.807, 2.05) is 44.2 Å². The summed E-state index contributed by atoms with van der Waals surface area (Å²) in [4.78, 5) is 19.0. The lowest BCUT2D eigenvalue weighted by atomic mass is 10.1. The van der Waals surface area contributed by atoms with Gasteiger partial charge in [-0.15, -0.1) is 0 Å². The number of aliphatic hydroxyl groups excluding tert-OH is 1. The molecule has 0 aliphatic rings. The standard InChI is InChI=1S/C20H22N2O2/c1-16(2)22(15-17-9-4-3-5-10-17)20(24)19-18(11-6-7-14-23)12-8-13-21-19/h3-5,8-10,12-13,16,23H,7,14-15H2,1-2H3. The number of hydrogen-bond acceptors (Lipinski definition) is 3. The van der Waals surface area contributed by atoms with Gasteiger partial charge in [0.05, 0.1) is 12.2 Å². The first-order valence-corrected chi connectivity index (χ1v) is 8.03. The van der Waals surface area contributed by atoms with Gasteiger partial charge in [0.15, 0.2) is 0 Å². The van der Waals surface area contributed by atoms with Crippen LogP contribution in [0.2, 0.25) is 0 Å². The van der Waals surface area contributed by atoms with Crippen molar-refractivity contribution in [2.45, 2.75) is 32.9 Å². The van der Waals surface area contributed by atoms with Crippen LogP contribution in [-0.4, -0.2) is 33.5 Å². The van der Waals surface area contributed by atoms with Crippen LogP contribution in [0.3, 0.4) is 0 Å². The SMILES string of the molecule is CC(C)N(Cc1ccccc1)C(=O)c1ncccc1C#CCCO. The molecule has 0 spiro atoms. The Labute approximate surface area is 143 Å². The van der Waals surface area contributed by atoms with Crippen molar-refractivity contribution in [1.29, 1.82) is 0 Å². The van der Waals surface area contributed by atoms with Crippen molar-refractivity contribution in [2.24, 2.45) is 0 Å². The van der Waals surface area contributed by atoms with Gasteiger partial charge in [-0.05, 0) is 31.5 Å². The highest BCUT2D eigenvalue weighted by Crippen LogP contribution is 2.14. The predicted octanol–water partition coefficient (Wildman–Crippen LogP) is 2.87. The Balaban J connectivity index is 2.29. The van der Waals surface area contributed by atoms with Gasteiger partial charge in [-0.1, -0.05) is 42.2 Å². The number of benzene rings is 1. The molecule has 0 radical (unpaired) electrons. The second-order valence-corrected chi connectivity index (χ2v) is 5.69. The van der Waals surface area contributed by atoms with E-state index in [9.17, 15) is 4.79 Å². The van der Waals surface area contributed by atoms with Crippen LogP contribution in [0.15, 0.2) is 48.7 Å². The minimum Gasteiger partial charge on any atom is -0.395 e. The number of nitrogens with zero attached hydrogens (tertiary/aromatic N) is 2. The molecule has 2 rings (SSSR count). The fourth-order valence-corrected chi connectivity index (χ4v) is 2.30. The molecule has 2 aromatic rings. The zero-order chi connectivity index (χ0) is 17.4. The molecule has 1 amide bonds. The van der Waals surface area contributed by atoms with Gasteiger partial charge in [-0.2, -0.15) is 0 Å². The second-order valence-electron chi connectivity index (χ2n) is 5.69. The monoisotopic (exact) mass is 322 g/mol. The van der Waals surface area contributed by atoms with Crippen LogP contribution >= 0.6 is 0 Å². The van der Waals surface area contributed by atoms with Crippen molar-refractivity contribution in [3.8, 4) is 11.8 Å². The molecule has 0 saturated heterocycles. The molecule has 4 nitrogen and oxygen atoms in total. The summed E-state index contributed by atoms with van der Waals surface area (Å²) in [6.07, 6.45) is 1.98. The van der Waals surface area contributed by atoms with E-state index >= 15 is 0 Å². The van der Waals surface area contributed by atoms with Crippen molar-refractivity contribution in [3.63, 3.8) is 0 Å². The molecule has 1 aromatic heterocycles. The van der Waals surface area contributed by atoms with Crippen LogP contribution in [0, 0.1) is 11.8 Å². The molecule has 1 heterocycles. The summed E-state index contributed by atoms with van der Waals surface area (Å²) in [7, 11) is 0. The molecule has 0 bridgehead atoms. The number of aliphatic hydroxyl groups is 1. The summed E-state index contributed by atoms with van der Waals surface area (Å²) in [6, 6.07) is 13.5. The highest BCUT2D eigenvalue weighted by atomic mass is 16.2. The van der Waals surface area contributed by atoms with Crippen molar-refractivity contribution in [3.05, 3.63) is 65.5 Å². The molecule has 0 saturated carbocycles. The summed E-state index contributed by atoms with van der Waals surface area (Å²) in [5.41, 5.74) is 2.02. The average molecular weight is 322 g/mol. The lowest BCUT2D eigenvalue weighted by molar-refractivity contribution is 0.0684. The van der Waals surface area contributed by atoms with Crippen LogP contribution in [0.1, 0.15) is 41.9 Å². The molecule has 0 aliphatic heterocycles. The van der Waals surface area contributed by atoms with Crippen LogP contribution in [0.5, 0.6) is 0 Å². The topological polar surface area (TPSA) is 53.4 Å². The lowest BCUT2D eigenvalue weighted by Gasteiger charge is -2.27. The van der Waals surface area contributed by atoms with E-state index in [0.717, 1.165) is 5.56 Å². The smallest absolute Gasteiger partial charge is 0.274 e. The van der Waals surface area contributed by atoms with Gasteiger partial charge < -0.3 is 10.0 Å². The van der Waals surface area contributed by atoms with Gasteiger partial charge >= 0.3 is 0 Å². The van der Waals surface area contributed by atoms with Crippen molar-refractivity contribution in [1.82, 2.24) is 9.88 Å². The Morgan fingerprint density at radius 2 is 1.96 bits per heavy atom. The van der Waals surface area contributed by atoms with E-state index in [-0.39, 0.29) is 18.6 Å². The minimum absolute atomic E-state index is 0.00265. The molecular formula is C20H22N2O2. The van der Waals surface area contributed by atoms with E-state index < -0.39 is 0 Å². The summed E-state index contributed by atoms with van der Waals surface area (Å²) in [5.74, 6) is 5.65. The quantitative estimate of drug-likeness (QED) is 0.861. The molecule has 1 N–H and O–H groups in total. The third-order valence-electron chi connectivity index (χ3n) is 3.55. The zero-order valence-electron chi connectivity index (χ0n) is 14.1. The second kappa shape index (κ2) is 8.85. The number of amides is 1. The zero-order valence-corrected chi connectivity index (χ0v) is 14.1. The lowest BCUT2D eigenvalue weighted by Crippen LogP contribution is -2.37. The van der Waals surface area contributed by atoms with E-state index in [2.05, 4.69) is 16.8 Å². The first-order valence-electron chi connectivity index (χ1n) is 8.03. The number of hydrogen-bond donors (Lipinski definition) is 1. The molecule has 4 heteroatoms. The third kappa shape index (κ3) is 4.68. The third-order valence-corrected chi connectivity index (χ3v) is 3.55. The van der Waals surface area contributed by atoms with E-state index in [4.69, 9.17) is 5.11 Å². The normalized spacial score (nSPS) is 10.2. The van der Waals surface area contributed by atoms with Gasteiger partial charge in [0.25, 0.3) is 5.91 Å². The van der Waals surface area contributed by atoms with Gasteiger partial charge in [0.2, 0.25) is 0 Å². The van der Waals surface area contributed by atoms with Gasteiger partial charge in [-0.25, -0.2) is 4.98 Å². The summed E-state index contributed by atoms with van der Waals surface area (Å²) < 4.78 is 0. The Bertz CT molecular complexity index is 730. The fraction of sp³-hybridized carbons (Fsp3) is 0.300. The molecule has 0 aliphatic carbocycles. The molecule has 24 heavy (non-hydrogen) atoms. The van der Waals surface area contributed by atoms with E-state index in [1.54, 1.807) is 23.2 Å². The van der Waals surface area contributed by atoms with Crippen molar-refractivity contribution in [2.75, 3.05) is 6.61 Å². The summed E-state index contributed by atoms with van der Waals surface area (Å²) in [6.45, 7) is 4.50. The predicted molar refractivity (Wildman–Crippen MR) is 94.3 cm³/mol. The fourth-order valence-electron chi connectivity index (χ4n) is 2.30. The minimum atomic E-state index is -0.136. The Morgan fingerprint density at radius 3 is 2.62 bits per heavy atom. The maximum absolute atomic E-state index is 13.0. The van der Waals surface area contributed by atoms with Gasteiger partial charge in [0.1, 0.15) is 5.69 Å². The molecule has 0 fully saturated rings. The van der Waals surface area contributed by atoms with Crippen LogP contribution in [-0.2, 0) is 6.54 Å². The largest absolute Gasteiger partial charge is 0.395 e. The number of pyridine rings is 1. The maximum Gasteiger partial charge on any atom is 0.274 e. The number of rotatable bonds is 5. The Morgan fingerprint density at radius 1 is 1.21 bits per heavy atom. The van der Waals surface area contributed by atoms with Crippen LogP contribution < -0.4 is 0 Å². The first kappa shape index (κ1) is 17.7.